The van der Waals surface area contributed by atoms with E-state index in [-0.39, 0.29) is 22.6 Å². The molecule has 0 radical (unpaired) electrons. The summed E-state index contributed by atoms with van der Waals surface area (Å²) in [4.78, 5) is 30.2. The molecule has 4 rings (SSSR count). The first kappa shape index (κ1) is 16.6. The summed E-state index contributed by atoms with van der Waals surface area (Å²) >= 11 is 0. The van der Waals surface area contributed by atoms with Crippen molar-refractivity contribution in [1.82, 2.24) is 9.80 Å². The second kappa shape index (κ2) is 6.15. The summed E-state index contributed by atoms with van der Waals surface area (Å²) in [5.41, 5.74) is 0.473. The Kier molecular flexibility index (Phi) is 4.09. The van der Waals surface area contributed by atoms with Crippen LogP contribution in [0.1, 0.15) is 50.5 Å². The first-order valence-electron chi connectivity index (χ1n) is 9.68. The van der Waals surface area contributed by atoms with E-state index in [4.69, 9.17) is 0 Å². The van der Waals surface area contributed by atoms with Crippen LogP contribution in [-0.2, 0) is 15.0 Å². The summed E-state index contributed by atoms with van der Waals surface area (Å²) < 4.78 is 0. The Hall–Kier alpha value is -1.84. The number of benzene rings is 1. The molecule has 2 amide bonds. The highest BCUT2D eigenvalue weighted by atomic mass is 16.2. The minimum atomic E-state index is -0.365. The molecule has 0 bridgehead atoms. The number of amides is 2. The SMILES string of the molecule is CN1CCCC2(CCN(C(=O)C3(c4ccccc4)CCCC3)C2)C1=O. The Labute approximate surface area is 150 Å². The molecule has 1 spiro atoms. The van der Waals surface area contributed by atoms with E-state index in [1.165, 1.54) is 0 Å². The summed E-state index contributed by atoms with van der Waals surface area (Å²) in [6.45, 7) is 2.19. The number of likely N-dealkylation sites (tertiary alicyclic amines) is 2. The van der Waals surface area contributed by atoms with Gasteiger partial charge in [0.25, 0.3) is 0 Å². The smallest absolute Gasteiger partial charge is 0.233 e. The fourth-order valence-corrected chi connectivity index (χ4v) is 5.36. The third-order valence-corrected chi connectivity index (χ3v) is 6.78. The van der Waals surface area contributed by atoms with Gasteiger partial charge < -0.3 is 9.80 Å². The zero-order valence-corrected chi connectivity index (χ0v) is 15.2. The maximum absolute atomic E-state index is 13.6. The van der Waals surface area contributed by atoms with Gasteiger partial charge in [0, 0.05) is 26.7 Å². The quantitative estimate of drug-likeness (QED) is 0.830. The van der Waals surface area contributed by atoms with E-state index in [2.05, 4.69) is 12.1 Å². The maximum atomic E-state index is 13.6. The summed E-state index contributed by atoms with van der Waals surface area (Å²) in [5, 5.41) is 0. The molecule has 134 valence electrons. The van der Waals surface area contributed by atoms with Gasteiger partial charge in [-0.1, -0.05) is 43.2 Å². The van der Waals surface area contributed by atoms with Crippen LogP contribution in [-0.4, -0.2) is 48.3 Å². The Morgan fingerprint density at radius 2 is 1.68 bits per heavy atom. The van der Waals surface area contributed by atoms with E-state index in [1.54, 1.807) is 0 Å². The number of hydrogen-bond acceptors (Lipinski definition) is 2. The third-order valence-electron chi connectivity index (χ3n) is 6.78. The van der Waals surface area contributed by atoms with Crippen LogP contribution >= 0.6 is 0 Å². The number of nitrogens with zero attached hydrogens (tertiary/aromatic N) is 2. The van der Waals surface area contributed by atoms with Gasteiger partial charge in [0.1, 0.15) is 0 Å². The number of carbonyl (C=O) groups is 2. The molecule has 1 atom stereocenters. The largest absolute Gasteiger partial charge is 0.345 e. The standard InChI is InChI=1S/C21H28N2O2/c1-22-14-7-10-20(18(22)24)13-15-23(16-20)19(25)21(11-5-6-12-21)17-8-3-2-4-9-17/h2-4,8-9H,5-7,10-16H2,1H3. The zero-order valence-electron chi connectivity index (χ0n) is 15.2. The molecule has 3 fully saturated rings. The van der Waals surface area contributed by atoms with Crippen LogP contribution in [0.5, 0.6) is 0 Å². The topological polar surface area (TPSA) is 40.6 Å². The molecule has 1 saturated carbocycles. The van der Waals surface area contributed by atoms with Crippen LogP contribution in [0.3, 0.4) is 0 Å². The monoisotopic (exact) mass is 340 g/mol. The van der Waals surface area contributed by atoms with Crippen LogP contribution in [0.4, 0.5) is 0 Å². The summed E-state index contributed by atoms with van der Waals surface area (Å²) in [6.07, 6.45) is 6.90. The molecule has 2 heterocycles. The molecule has 1 aromatic rings. The van der Waals surface area contributed by atoms with Gasteiger partial charge in [0.15, 0.2) is 0 Å². The number of hydrogen-bond donors (Lipinski definition) is 0. The van der Waals surface area contributed by atoms with E-state index in [9.17, 15) is 9.59 Å². The Balaban J connectivity index is 1.59. The van der Waals surface area contributed by atoms with Crippen LogP contribution in [0, 0.1) is 5.41 Å². The van der Waals surface area contributed by atoms with Gasteiger partial charge in [-0.2, -0.15) is 0 Å². The van der Waals surface area contributed by atoms with Gasteiger partial charge >= 0.3 is 0 Å². The Morgan fingerprint density at radius 1 is 0.960 bits per heavy atom. The molecule has 1 unspecified atom stereocenters. The number of piperidine rings is 1. The highest BCUT2D eigenvalue weighted by molar-refractivity contribution is 5.91. The van der Waals surface area contributed by atoms with Crippen molar-refractivity contribution in [2.75, 3.05) is 26.7 Å². The predicted molar refractivity (Wildman–Crippen MR) is 97.1 cm³/mol. The maximum Gasteiger partial charge on any atom is 0.233 e. The molecular weight excluding hydrogens is 312 g/mol. The molecule has 3 aliphatic rings. The van der Waals surface area contributed by atoms with Crippen molar-refractivity contribution in [3.63, 3.8) is 0 Å². The van der Waals surface area contributed by atoms with Crippen LogP contribution in [0.15, 0.2) is 30.3 Å². The van der Waals surface area contributed by atoms with Crippen molar-refractivity contribution in [1.29, 1.82) is 0 Å². The normalized spacial score (nSPS) is 28.8. The van der Waals surface area contributed by atoms with Gasteiger partial charge in [0.05, 0.1) is 10.8 Å². The molecule has 2 saturated heterocycles. The van der Waals surface area contributed by atoms with Crippen molar-refractivity contribution in [2.45, 2.75) is 50.4 Å². The zero-order chi connectivity index (χ0) is 17.5. The average Bonchev–Trinajstić information content (AvgIpc) is 3.29. The molecule has 4 nitrogen and oxygen atoms in total. The molecule has 2 aliphatic heterocycles. The predicted octanol–water partition coefficient (Wildman–Crippen LogP) is 2.97. The lowest BCUT2D eigenvalue weighted by molar-refractivity contribution is -0.145. The molecular formula is C21H28N2O2. The first-order valence-corrected chi connectivity index (χ1v) is 9.68. The van der Waals surface area contributed by atoms with Crippen LogP contribution in [0.25, 0.3) is 0 Å². The van der Waals surface area contributed by atoms with Gasteiger partial charge in [0.2, 0.25) is 11.8 Å². The minimum absolute atomic E-state index is 0.245. The van der Waals surface area contributed by atoms with Crippen molar-refractivity contribution in [2.24, 2.45) is 5.41 Å². The highest BCUT2D eigenvalue weighted by Crippen LogP contribution is 2.46. The van der Waals surface area contributed by atoms with Crippen molar-refractivity contribution >= 4 is 11.8 Å². The Bertz CT molecular complexity index is 666. The second-order valence-electron chi connectivity index (χ2n) is 8.24. The fraction of sp³-hybridized carbons (Fsp3) is 0.619. The number of rotatable bonds is 2. The summed E-state index contributed by atoms with van der Waals surface area (Å²) in [7, 11) is 1.90. The molecule has 1 aromatic carbocycles. The lowest BCUT2D eigenvalue weighted by Gasteiger charge is -2.38. The van der Waals surface area contributed by atoms with E-state index < -0.39 is 0 Å². The molecule has 25 heavy (non-hydrogen) atoms. The average molecular weight is 340 g/mol. The molecule has 4 heteroatoms. The molecule has 0 aromatic heterocycles. The van der Waals surface area contributed by atoms with Crippen LogP contribution in [0.2, 0.25) is 0 Å². The van der Waals surface area contributed by atoms with Crippen molar-refractivity contribution in [3.05, 3.63) is 35.9 Å². The summed E-state index contributed by atoms with van der Waals surface area (Å²) in [6, 6.07) is 10.3. The molecule has 0 N–H and O–H groups in total. The fourth-order valence-electron chi connectivity index (χ4n) is 5.36. The van der Waals surface area contributed by atoms with E-state index >= 15 is 0 Å². The van der Waals surface area contributed by atoms with Gasteiger partial charge in [-0.25, -0.2) is 0 Å². The van der Waals surface area contributed by atoms with Crippen molar-refractivity contribution in [3.8, 4) is 0 Å². The van der Waals surface area contributed by atoms with E-state index in [0.29, 0.717) is 6.54 Å². The second-order valence-corrected chi connectivity index (χ2v) is 8.24. The minimum Gasteiger partial charge on any atom is -0.345 e. The van der Waals surface area contributed by atoms with E-state index in [1.807, 2.05) is 35.0 Å². The number of carbonyl (C=O) groups excluding carboxylic acids is 2. The molecule has 1 aliphatic carbocycles. The highest BCUT2D eigenvalue weighted by Gasteiger charge is 2.52. The Morgan fingerprint density at radius 3 is 2.40 bits per heavy atom. The van der Waals surface area contributed by atoms with Crippen molar-refractivity contribution < 1.29 is 9.59 Å². The van der Waals surface area contributed by atoms with Gasteiger partial charge in [-0.15, -0.1) is 0 Å². The van der Waals surface area contributed by atoms with Gasteiger partial charge in [-0.3, -0.25) is 9.59 Å². The lowest BCUT2D eigenvalue weighted by Crippen LogP contribution is -2.50. The van der Waals surface area contributed by atoms with E-state index in [0.717, 1.165) is 63.6 Å². The lowest BCUT2D eigenvalue weighted by atomic mass is 9.76. The third kappa shape index (κ3) is 2.57. The first-order chi connectivity index (χ1) is 12.1. The summed E-state index contributed by atoms with van der Waals surface area (Å²) in [5.74, 6) is 0.503. The van der Waals surface area contributed by atoms with Gasteiger partial charge in [-0.05, 0) is 37.7 Å². The van der Waals surface area contributed by atoms with Crippen LogP contribution < -0.4 is 0 Å².